The minimum Gasteiger partial charge on any atom is -0.322 e. The fraction of sp³-hybridized carbons (Fsp3) is 0.0500. The lowest BCUT2D eigenvalue weighted by Gasteiger charge is -2.13. The number of carbonyl (C=O) groups excluding carboxylic acids is 1. The third-order valence-corrected chi connectivity index (χ3v) is 5.20. The zero-order valence-corrected chi connectivity index (χ0v) is 15.3. The van der Waals surface area contributed by atoms with Gasteiger partial charge in [-0.25, -0.2) is 12.8 Å². The van der Waals surface area contributed by atoms with Crippen LogP contribution in [-0.4, -0.2) is 14.3 Å². The van der Waals surface area contributed by atoms with Gasteiger partial charge in [0.05, 0.1) is 16.1 Å². The molecule has 0 fully saturated rings. The van der Waals surface area contributed by atoms with Crippen LogP contribution in [0.2, 0.25) is 0 Å². The van der Waals surface area contributed by atoms with Crippen molar-refractivity contribution in [3.05, 3.63) is 89.7 Å². The van der Waals surface area contributed by atoms with Crippen LogP contribution in [0.4, 0.5) is 15.8 Å². The van der Waals surface area contributed by atoms with Crippen LogP contribution in [0.3, 0.4) is 0 Å². The molecule has 5 nitrogen and oxygen atoms in total. The zero-order valence-electron chi connectivity index (χ0n) is 14.4. The smallest absolute Gasteiger partial charge is 0.262 e. The summed E-state index contributed by atoms with van der Waals surface area (Å²) in [6, 6.07) is 18.1. The van der Waals surface area contributed by atoms with E-state index in [9.17, 15) is 17.6 Å². The van der Waals surface area contributed by atoms with E-state index in [0.717, 1.165) is 17.7 Å². The number of benzene rings is 3. The van der Waals surface area contributed by atoms with Crippen molar-refractivity contribution < 1.29 is 17.6 Å². The first-order chi connectivity index (χ1) is 12.8. The summed E-state index contributed by atoms with van der Waals surface area (Å²) in [5.41, 5.74) is 1.90. The van der Waals surface area contributed by atoms with Gasteiger partial charge in [-0.3, -0.25) is 9.52 Å². The van der Waals surface area contributed by atoms with Crippen LogP contribution in [0.1, 0.15) is 15.9 Å². The lowest BCUT2D eigenvalue weighted by molar-refractivity contribution is 0.102. The Bertz CT molecular complexity index is 1080. The summed E-state index contributed by atoms with van der Waals surface area (Å²) < 4.78 is 40.7. The fourth-order valence-electron chi connectivity index (χ4n) is 2.44. The number of rotatable bonds is 5. The Labute approximate surface area is 156 Å². The SMILES string of the molecule is Cc1ccc(NC(=O)c2ccccc2NS(=O)(=O)c2cccc(F)c2)cc1. The van der Waals surface area contributed by atoms with Crippen molar-refractivity contribution in [1.82, 2.24) is 0 Å². The Morgan fingerprint density at radius 1 is 0.926 bits per heavy atom. The first kappa shape index (κ1) is 18.6. The van der Waals surface area contributed by atoms with Crippen molar-refractivity contribution in [3.8, 4) is 0 Å². The van der Waals surface area contributed by atoms with Gasteiger partial charge in [-0.1, -0.05) is 35.9 Å². The van der Waals surface area contributed by atoms with Gasteiger partial charge in [-0.2, -0.15) is 0 Å². The molecule has 0 saturated carbocycles. The number of hydrogen-bond donors (Lipinski definition) is 2. The Balaban J connectivity index is 1.87. The van der Waals surface area contributed by atoms with E-state index in [1.54, 1.807) is 24.3 Å². The zero-order chi connectivity index (χ0) is 19.4. The molecular formula is C20H17FN2O3S. The number of aryl methyl sites for hydroxylation is 1. The van der Waals surface area contributed by atoms with Gasteiger partial charge in [0, 0.05) is 5.69 Å². The summed E-state index contributed by atoms with van der Waals surface area (Å²) in [6.07, 6.45) is 0. The van der Waals surface area contributed by atoms with Crippen LogP contribution in [-0.2, 0) is 10.0 Å². The van der Waals surface area contributed by atoms with Crippen molar-refractivity contribution in [2.24, 2.45) is 0 Å². The normalized spacial score (nSPS) is 11.0. The van der Waals surface area contributed by atoms with Gasteiger partial charge < -0.3 is 5.32 Å². The number of halogens is 1. The molecule has 0 aromatic heterocycles. The molecule has 0 radical (unpaired) electrons. The maximum atomic E-state index is 13.4. The van der Waals surface area contributed by atoms with Crippen LogP contribution in [0, 0.1) is 12.7 Å². The predicted molar refractivity (Wildman–Crippen MR) is 103 cm³/mol. The van der Waals surface area contributed by atoms with Gasteiger partial charge in [-0.05, 0) is 49.4 Å². The lowest BCUT2D eigenvalue weighted by Crippen LogP contribution is -2.18. The molecule has 0 aliphatic rings. The molecule has 0 unspecified atom stereocenters. The topological polar surface area (TPSA) is 75.3 Å². The number of carbonyl (C=O) groups is 1. The monoisotopic (exact) mass is 384 g/mol. The second-order valence-corrected chi connectivity index (χ2v) is 7.61. The first-order valence-corrected chi connectivity index (χ1v) is 9.59. The van der Waals surface area contributed by atoms with Crippen LogP contribution in [0.15, 0.2) is 77.7 Å². The van der Waals surface area contributed by atoms with Gasteiger partial charge in [0.1, 0.15) is 5.82 Å². The minimum absolute atomic E-state index is 0.103. The Morgan fingerprint density at radius 2 is 1.63 bits per heavy atom. The molecule has 3 rings (SSSR count). The number of amides is 1. The van der Waals surface area contributed by atoms with Crippen molar-refractivity contribution in [1.29, 1.82) is 0 Å². The molecule has 7 heteroatoms. The number of sulfonamides is 1. The molecular weight excluding hydrogens is 367 g/mol. The highest BCUT2D eigenvalue weighted by molar-refractivity contribution is 7.92. The van der Waals surface area contributed by atoms with Crippen LogP contribution < -0.4 is 10.0 Å². The highest BCUT2D eigenvalue weighted by atomic mass is 32.2. The molecule has 1 amide bonds. The van der Waals surface area contributed by atoms with Crippen LogP contribution in [0.5, 0.6) is 0 Å². The average Bonchev–Trinajstić information content (AvgIpc) is 2.64. The Hall–Kier alpha value is -3.19. The van der Waals surface area contributed by atoms with Gasteiger partial charge >= 0.3 is 0 Å². The number of para-hydroxylation sites is 1. The van der Waals surface area contributed by atoms with Gasteiger partial charge in [0.2, 0.25) is 0 Å². The highest BCUT2D eigenvalue weighted by Crippen LogP contribution is 2.22. The maximum absolute atomic E-state index is 13.4. The first-order valence-electron chi connectivity index (χ1n) is 8.10. The summed E-state index contributed by atoms with van der Waals surface area (Å²) in [5, 5.41) is 2.73. The molecule has 0 heterocycles. The quantitative estimate of drug-likeness (QED) is 0.693. The summed E-state index contributed by atoms with van der Waals surface area (Å²) >= 11 is 0. The van der Waals surface area contributed by atoms with E-state index in [2.05, 4.69) is 10.0 Å². The molecule has 3 aromatic rings. The van der Waals surface area contributed by atoms with E-state index in [1.807, 2.05) is 19.1 Å². The Morgan fingerprint density at radius 3 is 2.33 bits per heavy atom. The van der Waals surface area contributed by atoms with E-state index in [4.69, 9.17) is 0 Å². The number of anilines is 2. The molecule has 0 bridgehead atoms. The minimum atomic E-state index is -4.04. The summed E-state index contributed by atoms with van der Waals surface area (Å²) in [7, 11) is -4.04. The molecule has 3 aromatic carbocycles. The molecule has 2 N–H and O–H groups in total. The molecule has 0 aliphatic heterocycles. The standard InChI is InChI=1S/C20H17FN2O3S/c1-14-9-11-16(12-10-14)22-20(24)18-7-2-3-8-19(18)23-27(25,26)17-6-4-5-15(21)13-17/h2-13,23H,1H3,(H,22,24). The van der Waals surface area contributed by atoms with Gasteiger partial charge in [0.15, 0.2) is 0 Å². The van der Waals surface area contributed by atoms with Crippen LogP contribution in [0.25, 0.3) is 0 Å². The molecule has 27 heavy (non-hydrogen) atoms. The molecule has 0 atom stereocenters. The third-order valence-electron chi connectivity index (χ3n) is 3.83. The molecule has 0 aliphatic carbocycles. The van der Waals surface area contributed by atoms with Gasteiger partial charge in [-0.15, -0.1) is 0 Å². The number of nitrogens with one attached hydrogen (secondary N) is 2. The van der Waals surface area contributed by atoms with E-state index in [1.165, 1.54) is 24.3 Å². The maximum Gasteiger partial charge on any atom is 0.262 e. The highest BCUT2D eigenvalue weighted by Gasteiger charge is 2.19. The molecule has 138 valence electrons. The second-order valence-electron chi connectivity index (χ2n) is 5.93. The lowest BCUT2D eigenvalue weighted by atomic mass is 10.1. The third kappa shape index (κ3) is 4.51. The van der Waals surface area contributed by atoms with Crippen molar-refractivity contribution in [2.75, 3.05) is 10.0 Å². The van der Waals surface area contributed by atoms with Crippen molar-refractivity contribution in [3.63, 3.8) is 0 Å². The summed E-state index contributed by atoms with van der Waals surface area (Å²) in [5.74, 6) is -1.13. The molecule has 0 spiro atoms. The fourth-order valence-corrected chi connectivity index (χ4v) is 3.55. The second kappa shape index (κ2) is 7.59. The van der Waals surface area contributed by atoms with Crippen molar-refractivity contribution in [2.45, 2.75) is 11.8 Å². The summed E-state index contributed by atoms with van der Waals surface area (Å²) in [6.45, 7) is 1.93. The van der Waals surface area contributed by atoms with E-state index in [0.29, 0.717) is 5.69 Å². The number of hydrogen-bond acceptors (Lipinski definition) is 3. The van der Waals surface area contributed by atoms with E-state index in [-0.39, 0.29) is 16.1 Å². The van der Waals surface area contributed by atoms with Crippen LogP contribution >= 0.6 is 0 Å². The van der Waals surface area contributed by atoms with Crippen molar-refractivity contribution >= 4 is 27.3 Å². The van der Waals surface area contributed by atoms with E-state index < -0.39 is 21.7 Å². The van der Waals surface area contributed by atoms with Gasteiger partial charge in [0.25, 0.3) is 15.9 Å². The Kier molecular flexibility index (Phi) is 5.23. The summed E-state index contributed by atoms with van der Waals surface area (Å²) in [4.78, 5) is 12.4. The molecule has 0 saturated heterocycles. The predicted octanol–water partition coefficient (Wildman–Crippen LogP) is 4.19. The van der Waals surface area contributed by atoms with E-state index >= 15 is 0 Å². The largest absolute Gasteiger partial charge is 0.322 e. The average molecular weight is 384 g/mol.